The van der Waals surface area contributed by atoms with Crippen molar-refractivity contribution in [3.8, 4) is 0 Å². The third kappa shape index (κ3) is 4.99. The van der Waals surface area contributed by atoms with Gasteiger partial charge in [-0.25, -0.2) is 4.79 Å². The van der Waals surface area contributed by atoms with Gasteiger partial charge in [0.2, 0.25) is 0 Å². The van der Waals surface area contributed by atoms with Crippen LogP contribution in [0.5, 0.6) is 0 Å². The largest absolute Gasteiger partial charge is 0.337 e. The number of hydrogen-bond acceptors (Lipinski definition) is 2. The normalized spacial score (nSPS) is 16.9. The Morgan fingerprint density at radius 2 is 2.14 bits per heavy atom. The van der Waals surface area contributed by atoms with E-state index in [1.165, 1.54) is 19.3 Å². The van der Waals surface area contributed by atoms with Gasteiger partial charge in [-0.2, -0.15) is 0 Å². The fraction of sp³-hybridized carbons (Fsp3) is 0.562. The zero-order valence-electron chi connectivity index (χ0n) is 13.1. The van der Waals surface area contributed by atoms with Gasteiger partial charge < -0.3 is 10.6 Å². The van der Waals surface area contributed by atoms with Gasteiger partial charge in [-0.1, -0.05) is 24.9 Å². The van der Waals surface area contributed by atoms with E-state index in [0.717, 1.165) is 18.5 Å². The molecule has 2 rings (SSSR count). The van der Waals surface area contributed by atoms with E-state index in [4.69, 9.17) is 11.6 Å². The molecular weight excluding hydrogens is 320 g/mol. The number of rotatable bonds is 7. The zero-order valence-corrected chi connectivity index (χ0v) is 14.6. The van der Waals surface area contributed by atoms with Crippen LogP contribution in [0.25, 0.3) is 0 Å². The van der Waals surface area contributed by atoms with Gasteiger partial charge in [0.15, 0.2) is 0 Å². The third-order valence-electron chi connectivity index (χ3n) is 4.02. The molecule has 0 bridgehead atoms. The van der Waals surface area contributed by atoms with Crippen LogP contribution in [0.4, 0.5) is 10.5 Å². The van der Waals surface area contributed by atoms with E-state index in [0.29, 0.717) is 21.9 Å². The summed E-state index contributed by atoms with van der Waals surface area (Å²) in [5.41, 5.74) is 1.78. The number of urea groups is 1. The number of amides is 2. The Morgan fingerprint density at radius 3 is 2.73 bits per heavy atom. The predicted molar refractivity (Wildman–Crippen MR) is 92.8 cm³/mol. The van der Waals surface area contributed by atoms with Crippen LogP contribution in [-0.2, 0) is 16.6 Å². The van der Waals surface area contributed by atoms with Crippen LogP contribution in [0.2, 0.25) is 5.02 Å². The minimum Gasteiger partial charge on any atom is -0.337 e. The molecule has 1 aromatic carbocycles. The molecule has 2 amide bonds. The number of carbonyl (C=O) groups is 1. The molecule has 0 aliphatic heterocycles. The lowest BCUT2D eigenvalue weighted by atomic mass is 10.0. The molecule has 1 aromatic rings. The lowest BCUT2D eigenvalue weighted by Crippen LogP contribution is -2.33. The second-order valence-electron chi connectivity index (χ2n) is 6.08. The van der Waals surface area contributed by atoms with Crippen LogP contribution >= 0.6 is 11.6 Å². The van der Waals surface area contributed by atoms with Crippen molar-refractivity contribution < 1.29 is 9.00 Å². The molecule has 1 saturated carbocycles. The van der Waals surface area contributed by atoms with Crippen molar-refractivity contribution in [1.82, 2.24) is 5.32 Å². The summed E-state index contributed by atoms with van der Waals surface area (Å²) in [4.78, 5) is 12.0. The molecular formula is C16H23ClN2O2S. The SMILES string of the molecule is CCCC1(CNC(=O)Nc2ccc(Cl)c(C[S@@](C)=O)c2)CC1. The Kier molecular flexibility index (Phi) is 5.87. The van der Waals surface area contributed by atoms with Crippen molar-refractivity contribution >= 4 is 34.1 Å². The van der Waals surface area contributed by atoms with Crippen LogP contribution in [-0.4, -0.2) is 23.0 Å². The van der Waals surface area contributed by atoms with Crippen molar-refractivity contribution in [1.29, 1.82) is 0 Å². The Labute approximate surface area is 139 Å². The summed E-state index contributed by atoms with van der Waals surface area (Å²) in [7, 11) is -0.970. The quantitative estimate of drug-likeness (QED) is 0.789. The fourth-order valence-electron chi connectivity index (χ4n) is 2.65. The maximum absolute atomic E-state index is 12.0. The number of anilines is 1. The molecule has 1 atom stereocenters. The van der Waals surface area contributed by atoms with Crippen molar-refractivity contribution in [2.45, 2.75) is 38.4 Å². The lowest BCUT2D eigenvalue weighted by molar-refractivity contribution is 0.249. The number of benzene rings is 1. The highest BCUT2D eigenvalue weighted by atomic mass is 35.5. The van der Waals surface area contributed by atoms with Crippen LogP contribution < -0.4 is 10.6 Å². The molecule has 0 aromatic heterocycles. The second-order valence-corrected chi connectivity index (χ2v) is 7.92. The molecule has 0 saturated heterocycles. The van der Waals surface area contributed by atoms with Crippen LogP contribution in [0, 0.1) is 5.41 Å². The molecule has 122 valence electrons. The summed E-state index contributed by atoms with van der Waals surface area (Å²) in [6, 6.07) is 5.05. The van der Waals surface area contributed by atoms with E-state index in [-0.39, 0.29) is 6.03 Å². The van der Waals surface area contributed by atoms with Gasteiger partial charge in [0.25, 0.3) is 0 Å². The van der Waals surface area contributed by atoms with E-state index in [9.17, 15) is 9.00 Å². The Balaban J connectivity index is 1.90. The maximum atomic E-state index is 12.0. The number of carbonyl (C=O) groups excluding carboxylic acids is 1. The Morgan fingerprint density at radius 1 is 1.41 bits per heavy atom. The van der Waals surface area contributed by atoms with Crippen molar-refractivity contribution in [3.63, 3.8) is 0 Å². The van der Waals surface area contributed by atoms with Crippen LogP contribution in [0.1, 0.15) is 38.2 Å². The fourth-order valence-corrected chi connectivity index (χ4v) is 3.59. The topological polar surface area (TPSA) is 58.2 Å². The molecule has 4 nitrogen and oxygen atoms in total. The van der Waals surface area contributed by atoms with E-state index < -0.39 is 10.8 Å². The number of nitrogens with one attached hydrogen (secondary N) is 2. The van der Waals surface area contributed by atoms with Gasteiger partial charge in [0.1, 0.15) is 0 Å². The molecule has 0 radical (unpaired) electrons. The minimum absolute atomic E-state index is 0.201. The summed E-state index contributed by atoms with van der Waals surface area (Å²) in [5, 5.41) is 6.34. The monoisotopic (exact) mass is 342 g/mol. The van der Waals surface area contributed by atoms with Crippen molar-refractivity contribution in [2.24, 2.45) is 5.41 Å². The highest BCUT2D eigenvalue weighted by Gasteiger charge is 2.41. The van der Waals surface area contributed by atoms with Crippen molar-refractivity contribution in [2.75, 3.05) is 18.1 Å². The van der Waals surface area contributed by atoms with Crippen LogP contribution in [0.3, 0.4) is 0 Å². The third-order valence-corrected chi connectivity index (χ3v) is 5.11. The second kappa shape index (κ2) is 7.47. The molecule has 22 heavy (non-hydrogen) atoms. The summed E-state index contributed by atoms with van der Waals surface area (Å²) in [6.07, 6.45) is 6.35. The molecule has 0 unspecified atom stereocenters. The van der Waals surface area contributed by atoms with E-state index in [1.54, 1.807) is 24.5 Å². The highest BCUT2D eigenvalue weighted by Crippen LogP contribution is 2.48. The highest BCUT2D eigenvalue weighted by molar-refractivity contribution is 7.83. The Bertz CT molecular complexity index is 573. The van der Waals surface area contributed by atoms with E-state index in [2.05, 4.69) is 17.6 Å². The summed E-state index contributed by atoms with van der Waals surface area (Å²) in [6.45, 7) is 2.90. The van der Waals surface area contributed by atoms with Gasteiger partial charge in [-0.3, -0.25) is 4.21 Å². The lowest BCUT2D eigenvalue weighted by Gasteiger charge is -2.15. The summed E-state index contributed by atoms with van der Waals surface area (Å²) in [5.74, 6) is 0.385. The molecule has 2 N–H and O–H groups in total. The van der Waals surface area contributed by atoms with Gasteiger partial charge in [-0.05, 0) is 48.4 Å². The van der Waals surface area contributed by atoms with Gasteiger partial charge in [-0.15, -0.1) is 0 Å². The van der Waals surface area contributed by atoms with Crippen LogP contribution in [0.15, 0.2) is 18.2 Å². The number of halogens is 1. The first-order valence-corrected chi connectivity index (χ1v) is 9.68. The average Bonchev–Trinajstić information content (AvgIpc) is 3.21. The standard InChI is InChI=1S/C16H23ClN2O2S/c1-3-6-16(7-8-16)11-18-15(20)19-13-4-5-14(17)12(9-13)10-22(2)21/h4-5,9H,3,6-8,10-11H2,1-2H3,(H2,18,19,20)/t22-/m1/s1. The van der Waals surface area contributed by atoms with Crippen molar-refractivity contribution in [3.05, 3.63) is 28.8 Å². The minimum atomic E-state index is -0.970. The predicted octanol–water partition coefficient (Wildman–Crippen LogP) is 3.92. The van der Waals surface area contributed by atoms with Gasteiger partial charge in [0, 0.05) is 40.1 Å². The average molecular weight is 343 g/mol. The first kappa shape index (κ1) is 17.3. The van der Waals surface area contributed by atoms with Gasteiger partial charge >= 0.3 is 6.03 Å². The zero-order chi connectivity index (χ0) is 16.2. The van der Waals surface area contributed by atoms with E-state index >= 15 is 0 Å². The maximum Gasteiger partial charge on any atom is 0.319 e. The molecule has 1 aliphatic rings. The molecule has 6 heteroatoms. The molecule has 0 heterocycles. The van der Waals surface area contributed by atoms with E-state index in [1.807, 2.05) is 0 Å². The molecule has 1 fully saturated rings. The molecule has 0 spiro atoms. The first-order valence-electron chi connectivity index (χ1n) is 7.57. The molecule has 1 aliphatic carbocycles. The summed E-state index contributed by atoms with van der Waals surface area (Å²) >= 11 is 6.08. The Hall–Kier alpha value is -1.07. The summed E-state index contributed by atoms with van der Waals surface area (Å²) < 4.78 is 11.3. The first-order chi connectivity index (χ1) is 10.4. The van der Waals surface area contributed by atoms with Gasteiger partial charge in [0.05, 0.1) is 0 Å². The smallest absolute Gasteiger partial charge is 0.319 e. The number of hydrogen-bond donors (Lipinski definition) is 2.